The number of rotatable bonds is 6. The number of anilines is 1. The predicted octanol–water partition coefficient (Wildman–Crippen LogP) is 4.28. The van der Waals surface area contributed by atoms with Crippen LogP contribution in [0.3, 0.4) is 0 Å². The van der Waals surface area contributed by atoms with Crippen molar-refractivity contribution in [3.8, 4) is 0 Å². The second kappa shape index (κ2) is 9.57. The molecule has 9 heteroatoms. The van der Waals surface area contributed by atoms with Crippen molar-refractivity contribution >= 4 is 45.8 Å². The summed E-state index contributed by atoms with van der Waals surface area (Å²) in [6.07, 6.45) is 2.95. The number of carbonyl (C=O) groups excluding carboxylic acids is 3. The van der Waals surface area contributed by atoms with Crippen LogP contribution in [0.2, 0.25) is 5.15 Å². The third-order valence-electron chi connectivity index (χ3n) is 4.86. The van der Waals surface area contributed by atoms with Gasteiger partial charge in [0, 0.05) is 11.1 Å². The highest BCUT2D eigenvalue weighted by Crippen LogP contribution is 2.40. The fourth-order valence-electron chi connectivity index (χ4n) is 3.29. The average molecular weight is 451 g/mol. The lowest BCUT2D eigenvalue weighted by Gasteiger charge is -2.18. The van der Waals surface area contributed by atoms with E-state index < -0.39 is 23.9 Å². The molecule has 0 spiro atoms. The van der Waals surface area contributed by atoms with Gasteiger partial charge in [0.05, 0.1) is 17.7 Å². The van der Waals surface area contributed by atoms with E-state index in [9.17, 15) is 14.4 Å². The summed E-state index contributed by atoms with van der Waals surface area (Å²) in [7, 11) is 0. The number of aromatic nitrogens is 1. The van der Waals surface area contributed by atoms with Crippen LogP contribution in [-0.2, 0) is 27.1 Å². The minimum atomic E-state index is -1.10. The summed E-state index contributed by atoms with van der Waals surface area (Å²) in [5, 5.41) is 3.18. The molecule has 160 valence electrons. The van der Waals surface area contributed by atoms with Gasteiger partial charge >= 0.3 is 11.9 Å². The molecule has 0 aliphatic heterocycles. The number of ether oxygens (including phenoxy) is 2. The minimum Gasteiger partial charge on any atom is -0.462 e. The molecule has 2 atom stereocenters. The highest BCUT2D eigenvalue weighted by molar-refractivity contribution is 7.17. The van der Waals surface area contributed by atoms with E-state index in [0.717, 1.165) is 29.7 Å². The lowest BCUT2D eigenvalue weighted by Crippen LogP contribution is -2.30. The molecule has 2 aromatic heterocycles. The third kappa shape index (κ3) is 4.82. The van der Waals surface area contributed by atoms with E-state index in [1.54, 1.807) is 13.0 Å². The van der Waals surface area contributed by atoms with E-state index in [1.165, 1.54) is 30.5 Å². The van der Waals surface area contributed by atoms with Gasteiger partial charge in [-0.15, -0.1) is 11.3 Å². The first-order chi connectivity index (χ1) is 14.3. The molecule has 0 bridgehead atoms. The zero-order valence-electron chi connectivity index (χ0n) is 17.0. The Kier molecular flexibility index (Phi) is 7.10. The summed E-state index contributed by atoms with van der Waals surface area (Å²) >= 11 is 7.28. The maximum atomic E-state index is 12.7. The Hall–Kier alpha value is -2.45. The number of fused-ring (bicyclic) bond motifs is 1. The van der Waals surface area contributed by atoms with Gasteiger partial charge in [0.25, 0.3) is 5.91 Å². The maximum Gasteiger partial charge on any atom is 0.342 e. The van der Waals surface area contributed by atoms with Crippen LogP contribution in [0.25, 0.3) is 0 Å². The smallest absolute Gasteiger partial charge is 0.342 e. The first kappa shape index (κ1) is 22.2. The molecule has 7 nitrogen and oxygen atoms in total. The monoisotopic (exact) mass is 450 g/mol. The van der Waals surface area contributed by atoms with Gasteiger partial charge < -0.3 is 14.8 Å². The summed E-state index contributed by atoms with van der Waals surface area (Å²) in [4.78, 5) is 42.4. The number of pyridine rings is 1. The summed E-state index contributed by atoms with van der Waals surface area (Å²) in [6.45, 7) is 5.60. The van der Waals surface area contributed by atoms with Gasteiger partial charge in [0.1, 0.15) is 10.2 Å². The minimum absolute atomic E-state index is 0.000225. The van der Waals surface area contributed by atoms with Crippen LogP contribution < -0.4 is 5.32 Å². The van der Waals surface area contributed by atoms with Crippen LogP contribution in [0, 0.1) is 5.92 Å². The Balaban J connectivity index is 1.78. The van der Waals surface area contributed by atoms with Gasteiger partial charge in [-0.3, -0.25) is 4.79 Å². The Morgan fingerprint density at radius 3 is 2.83 bits per heavy atom. The molecular weight excluding hydrogens is 428 g/mol. The van der Waals surface area contributed by atoms with Crippen molar-refractivity contribution in [3.63, 3.8) is 0 Å². The molecule has 0 aromatic carbocycles. The van der Waals surface area contributed by atoms with Crippen LogP contribution in [-0.4, -0.2) is 35.5 Å². The summed E-state index contributed by atoms with van der Waals surface area (Å²) in [5.41, 5.74) is 1.43. The second-order valence-electron chi connectivity index (χ2n) is 7.15. The lowest BCUT2D eigenvalue weighted by atomic mass is 9.88. The van der Waals surface area contributed by atoms with Crippen LogP contribution in [0.5, 0.6) is 0 Å². The molecule has 0 fully saturated rings. The van der Waals surface area contributed by atoms with E-state index in [0.29, 0.717) is 16.5 Å². The van der Waals surface area contributed by atoms with Crippen molar-refractivity contribution in [1.82, 2.24) is 4.98 Å². The number of nitrogens with zero attached hydrogens (tertiary/aromatic N) is 1. The van der Waals surface area contributed by atoms with Crippen molar-refractivity contribution < 1.29 is 23.9 Å². The van der Waals surface area contributed by atoms with Crippen molar-refractivity contribution in [2.75, 3.05) is 11.9 Å². The quantitative estimate of drug-likeness (QED) is 0.521. The Morgan fingerprint density at radius 2 is 2.13 bits per heavy atom. The van der Waals surface area contributed by atoms with Gasteiger partial charge in [0.15, 0.2) is 6.10 Å². The molecule has 3 rings (SSSR count). The molecule has 1 aliphatic rings. The van der Waals surface area contributed by atoms with Crippen LogP contribution in [0.4, 0.5) is 5.00 Å². The summed E-state index contributed by atoms with van der Waals surface area (Å²) in [6, 6.07) is 3.02. The Bertz CT molecular complexity index is 974. The highest BCUT2D eigenvalue weighted by atomic mass is 35.5. The molecule has 2 heterocycles. The molecule has 1 N–H and O–H groups in total. The second-order valence-corrected chi connectivity index (χ2v) is 8.62. The fourth-order valence-corrected chi connectivity index (χ4v) is 4.89. The maximum absolute atomic E-state index is 12.7. The topological polar surface area (TPSA) is 94.6 Å². The average Bonchev–Trinajstić information content (AvgIpc) is 3.05. The molecule has 0 saturated heterocycles. The first-order valence-electron chi connectivity index (χ1n) is 9.75. The number of carbonyl (C=O) groups is 3. The highest BCUT2D eigenvalue weighted by Gasteiger charge is 2.30. The summed E-state index contributed by atoms with van der Waals surface area (Å²) in [5.74, 6) is -1.23. The zero-order valence-corrected chi connectivity index (χ0v) is 18.6. The first-order valence-corrected chi connectivity index (χ1v) is 10.9. The molecule has 0 saturated carbocycles. The van der Waals surface area contributed by atoms with Crippen molar-refractivity contribution in [2.45, 2.75) is 46.1 Å². The van der Waals surface area contributed by atoms with Crippen molar-refractivity contribution in [3.05, 3.63) is 45.1 Å². The molecule has 30 heavy (non-hydrogen) atoms. The van der Waals surface area contributed by atoms with Crippen molar-refractivity contribution in [1.29, 1.82) is 0 Å². The number of nitrogens with one attached hydrogen (secondary N) is 1. The van der Waals surface area contributed by atoms with Crippen LogP contribution >= 0.6 is 22.9 Å². The molecule has 0 unspecified atom stereocenters. The standard InChI is InChI=1S/C21H23ClN2O5S/c1-4-28-21(27)16-13-8-7-11(2)10-15(13)30-19(16)24-18(25)12(3)29-20(26)14-6-5-9-23-17(14)22/h5-6,9,11-12H,4,7-8,10H2,1-3H3,(H,24,25)/t11-,12+/m0/s1. The summed E-state index contributed by atoms with van der Waals surface area (Å²) < 4.78 is 10.4. The van der Waals surface area contributed by atoms with E-state index in [-0.39, 0.29) is 17.3 Å². The van der Waals surface area contributed by atoms with E-state index >= 15 is 0 Å². The predicted molar refractivity (Wildman–Crippen MR) is 114 cm³/mol. The van der Waals surface area contributed by atoms with Gasteiger partial charge in [0.2, 0.25) is 0 Å². The molecule has 1 aliphatic carbocycles. The number of halogens is 1. The number of amides is 1. The van der Waals surface area contributed by atoms with E-state index in [1.807, 2.05) is 0 Å². The normalized spacial score (nSPS) is 16.3. The third-order valence-corrected chi connectivity index (χ3v) is 6.33. The molecule has 1 amide bonds. The molecular formula is C21H23ClN2O5S. The number of esters is 2. The van der Waals surface area contributed by atoms with Gasteiger partial charge in [-0.2, -0.15) is 0 Å². The van der Waals surface area contributed by atoms with Crippen LogP contribution in [0.15, 0.2) is 18.3 Å². The number of hydrogen-bond acceptors (Lipinski definition) is 7. The Morgan fingerprint density at radius 1 is 1.37 bits per heavy atom. The largest absolute Gasteiger partial charge is 0.462 e. The van der Waals surface area contributed by atoms with E-state index in [4.69, 9.17) is 21.1 Å². The van der Waals surface area contributed by atoms with Gasteiger partial charge in [-0.25, -0.2) is 14.6 Å². The van der Waals surface area contributed by atoms with E-state index in [2.05, 4.69) is 17.2 Å². The van der Waals surface area contributed by atoms with Gasteiger partial charge in [-0.1, -0.05) is 18.5 Å². The van der Waals surface area contributed by atoms with Crippen molar-refractivity contribution in [2.24, 2.45) is 5.92 Å². The van der Waals surface area contributed by atoms with Crippen LogP contribution in [0.1, 0.15) is 58.3 Å². The van der Waals surface area contributed by atoms with Gasteiger partial charge in [-0.05, 0) is 56.7 Å². The molecule has 2 aromatic rings. The fraction of sp³-hybridized carbons (Fsp3) is 0.429. The molecule has 0 radical (unpaired) electrons. The SMILES string of the molecule is CCOC(=O)c1c(NC(=O)[C@@H](C)OC(=O)c2cccnc2Cl)sc2c1CC[C@H](C)C2. The number of thiophene rings is 1. The lowest BCUT2D eigenvalue weighted by molar-refractivity contribution is -0.123. The Labute approximate surface area is 183 Å². The zero-order chi connectivity index (χ0) is 21.8. The number of hydrogen-bond donors (Lipinski definition) is 1.